The minimum atomic E-state index is -0.304. The van der Waals surface area contributed by atoms with Crippen molar-refractivity contribution in [3.05, 3.63) is 123 Å². The first-order valence-corrected chi connectivity index (χ1v) is 16.0. The molecular weight excluding hydrogens is 632 g/mol. The van der Waals surface area contributed by atoms with Crippen LogP contribution in [0.1, 0.15) is 61.1 Å². The number of halogens is 1. The lowest BCUT2D eigenvalue weighted by molar-refractivity contribution is 0.111. The van der Waals surface area contributed by atoms with E-state index >= 15 is 0 Å². The fourth-order valence-electron chi connectivity index (χ4n) is 5.95. The summed E-state index contributed by atoms with van der Waals surface area (Å²) in [5, 5.41) is 10.3. The molecule has 3 heterocycles. The molecule has 0 radical (unpaired) electrons. The van der Waals surface area contributed by atoms with Crippen LogP contribution in [-0.2, 0) is 13.0 Å². The Morgan fingerprint density at radius 1 is 0.979 bits per heavy atom. The van der Waals surface area contributed by atoms with Crippen molar-refractivity contribution in [3.8, 4) is 39.5 Å². The summed E-state index contributed by atoms with van der Waals surface area (Å²) >= 11 is 8.12. The van der Waals surface area contributed by atoms with Crippen LogP contribution in [0.2, 0.25) is 5.02 Å². The smallest absolute Gasteiger partial charge is 0.236 e. The number of aromatic nitrogens is 3. The largest absolute Gasteiger partial charge is 0.472 e. The van der Waals surface area contributed by atoms with Crippen molar-refractivity contribution < 1.29 is 19.1 Å². The number of pyridine rings is 2. The molecule has 0 saturated carbocycles. The van der Waals surface area contributed by atoms with Crippen molar-refractivity contribution in [2.75, 3.05) is 0 Å². The van der Waals surface area contributed by atoms with Crippen LogP contribution in [0.5, 0.6) is 11.8 Å². The molecule has 10 heteroatoms. The van der Waals surface area contributed by atoms with Crippen LogP contribution >= 0.6 is 22.9 Å². The molecule has 0 aliphatic heterocycles. The van der Waals surface area contributed by atoms with Gasteiger partial charge in [-0.1, -0.05) is 48.0 Å². The lowest BCUT2D eigenvalue weighted by Crippen LogP contribution is -2.08. The Balaban J connectivity index is 1.17. The van der Waals surface area contributed by atoms with Gasteiger partial charge in [0, 0.05) is 29.1 Å². The third kappa shape index (κ3) is 5.85. The summed E-state index contributed by atoms with van der Waals surface area (Å²) in [6.07, 6.45) is 5.75. The molecule has 6 aromatic rings. The monoisotopic (exact) mass is 656 g/mol. The molecule has 0 spiro atoms. The number of nitrogens with zero attached hydrogens (tertiary/aromatic N) is 4. The molecule has 1 atom stereocenters. The molecule has 0 bridgehead atoms. The molecule has 3 aromatic heterocycles. The zero-order valence-corrected chi connectivity index (χ0v) is 26.6. The summed E-state index contributed by atoms with van der Waals surface area (Å²) in [6, 6.07) is 23.2. The topological polar surface area (TPSA) is 115 Å². The number of benzene rings is 3. The molecule has 1 aliphatic rings. The van der Waals surface area contributed by atoms with Gasteiger partial charge in [-0.25, -0.2) is 4.98 Å². The van der Waals surface area contributed by atoms with E-state index < -0.39 is 0 Å². The Hall–Kier alpha value is -5.43. The van der Waals surface area contributed by atoms with Crippen LogP contribution in [0, 0.1) is 18.3 Å². The number of ether oxygens (including phenoxy) is 2. The average molecular weight is 657 g/mol. The lowest BCUT2D eigenvalue weighted by Gasteiger charge is -2.18. The molecule has 230 valence electrons. The summed E-state index contributed by atoms with van der Waals surface area (Å²) in [4.78, 5) is 36.5. The quantitative estimate of drug-likeness (QED) is 0.142. The van der Waals surface area contributed by atoms with Gasteiger partial charge in [0.05, 0.1) is 21.3 Å². The molecule has 1 aliphatic carbocycles. The number of rotatable bonds is 9. The summed E-state index contributed by atoms with van der Waals surface area (Å²) in [5.74, 6) is 0.254. The van der Waals surface area contributed by atoms with E-state index in [0.717, 1.165) is 62.2 Å². The molecule has 0 fully saturated rings. The lowest BCUT2D eigenvalue weighted by atomic mass is 9.91. The van der Waals surface area contributed by atoms with Crippen LogP contribution in [-0.4, -0.2) is 27.5 Å². The molecule has 0 unspecified atom stereocenters. The Morgan fingerprint density at radius 2 is 1.81 bits per heavy atom. The number of hydrogen-bond acceptors (Lipinski definition) is 9. The molecule has 8 nitrogen and oxygen atoms in total. The fraction of sp³-hybridized carbons (Fsp3) is 0.135. The average Bonchev–Trinajstić information content (AvgIpc) is 3.72. The van der Waals surface area contributed by atoms with Gasteiger partial charge in [0.2, 0.25) is 11.8 Å². The Morgan fingerprint density at radius 3 is 2.64 bits per heavy atom. The SMILES string of the molecule is Cc1c(-c2nc3ccc(C=O)cc3s2)cccc1-c1cccc2c1CC[C@@H]2Oc1nc(OCc2cncc(C#N)c2)c(C=O)cc1Cl. The van der Waals surface area contributed by atoms with E-state index in [1.807, 2.05) is 24.3 Å². The van der Waals surface area contributed by atoms with Gasteiger partial charge in [-0.15, -0.1) is 11.3 Å². The van der Waals surface area contributed by atoms with Gasteiger partial charge >= 0.3 is 0 Å². The van der Waals surface area contributed by atoms with E-state index in [-0.39, 0.29) is 35.1 Å². The second kappa shape index (κ2) is 12.8. The zero-order valence-electron chi connectivity index (χ0n) is 25.1. The molecule has 3 aromatic carbocycles. The number of carbonyl (C=O) groups excluding carboxylic acids is 2. The second-order valence-electron chi connectivity index (χ2n) is 11.1. The standard InChI is InChI=1S/C37H25ClN4O4S/c1-21-26(4-2-5-27(21)37-41-32-10-8-22(18-43)13-34(32)47-37)28-6-3-7-30-29(28)9-11-33(30)46-36-31(38)14-25(19-44)35(42-36)45-20-24-12-23(15-39)16-40-17-24/h2-8,10,12-14,16-19,33H,9,11,20H2,1H3/t33-/m0/s1. The van der Waals surface area contributed by atoms with E-state index in [1.54, 1.807) is 29.7 Å². The maximum absolute atomic E-state index is 11.8. The van der Waals surface area contributed by atoms with E-state index in [4.69, 9.17) is 31.3 Å². The number of hydrogen-bond donors (Lipinski definition) is 0. The highest BCUT2D eigenvalue weighted by Gasteiger charge is 2.29. The van der Waals surface area contributed by atoms with Crippen LogP contribution in [0.15, 0.2) is 79.1 Å². The fourth-order valence-corrected chi connectivity index (χ4v) is 7.25. The summed E-state index contributed by atoms with van der Waals surface area (Å²) < 4.78 is 13.2. The Bertz CT molecular complexity index is 2240. The maximum Gasteiger partial charge on any atom is 0.236 e. The van der Waals surface area contributed by atoms with Crippen molar-refractivity contribution in [1.82, 2.24) is 15.0 Å². The highest BCUT2D eigenvalue weighted by atomic mass is 35.5. The third-order valence-electron chi connectivity index (χ3n) is 8.24. The van der Waals surface area contributed by atoms with E-state index in [0.29, 0.717) is 23.0 Å². The zero-order chi connectivity index (χ0) is 32.5. The minimum absolute atomic E-state index is 0.0578. The molecule has 0 N–H and O–H groups in total. The number of fused-ring (bicyclic) bond motifs is 2. The van der Waals surface area contributed by atoms with Crippen molar-refractivity contribution in [2.45, 2.75) is 32.5 Å². The van der Waals surface area contributed by atoms with Crippen molar-refractivity contribution in [2.24, 2.45) is 0 Å². The normalized spacial score (nSPS) is 13.6. The minimum Gasteiger partial charge on any atom is -0.472 e. The Labute approximate surface area is 279 Å². The molecule has 0 amide bonds. The maximum atomic E-state index is 11.8. The molecular formula is C37H25ClN4O4S. The van der Waals surface area contributed by atoms with Gasteiger partial charge < -0.3 is 9.47 Å². The van der Waals surface area contributed by atoms with Crippen molar-refractivity contribution in [3.63, 3.8) is 0 Å². The van der Waals surface area contributed by atoms with E-state index in [2.05, 4.69) is 47.2 Å². The van der Waals surface area contributed by atoms with Crippen LogP contribution in [0.3, 0.4) is 0 Å². The summed E-state index contributed by atoms with van der Waals surface area (Å²) in [6.45, 7) is 2.17. The number of aldehydes is 2. The van der Waals surface area contributed by atoms with Gasteiger partial charge in [0.1, 0.15) is 35.1 Å². The van der Waals surface area contributed by atoms with Gasteiger partial charge in [-0.3, -0.25) is 14.6 Å². The number of carbonyl (C=O) groups is 2. The predicted molar refractivity (Wildman–Crippen MR) is 180 cm³/mol. The first kappa shape index (κ1) is 30.2. The van der Waals surface area contributed by atoms with Crippen LogP contribution < -0.4 is 9.47 Å². The predicted octanol–water partition coefficient (Wildman–Crippen LogP) is 8.52. The summed E-state index contributed by atoms with van der Waals surface area (Å²) in [5.41, 5.74) is 9.41. The van der Waals surface area contributed by atoms with Crippen LogP contribution in [0.4, 0.5) is 0 Å². The third-order valence-corrected chi connectivity index (χ3v) is 9.56. The molecule has 7 rings (SSSR count). The van der Waals surface area contributed by atoms with E-state index in [9.17, 15) is 9.59 Å². The van der Waals surface area contributed by atoms with Gasteiger partial charge in [-0.2, -0.15) is 10.2 Å². The van der Waals surface area contributed by atoms with E-state index in [1.165, 1.54) is 17.8 Å². The second-order valence-corrected chi connectivity index (χ2v) is 12.6. The van der Waals surface area contributed by atoms with Crippen molar-refractivity contribution in [1.29, 1.82) is 5.26 Å². The van der Waals surface area contributed by atoms with Gasteiger partial charge in [0.15, 0.2) is 6.29 Å². The van der Waals surface area contributed by atoms with Gasteiger partial charge in [0.25, 0.3) is 0 Å². The highest BCUT2D eigenvalue weighted by Crippen LogP contribution is 2.44. The van der Waals surface area contributed by atoms with Crippen molar-refractivity contribution >= 4 is 45.7 Å². The Kier molecular flexibility index (Phi) is 8.21. The first-order chi connectivity index (χ1) is 22.9. The molecule has 0 saturated heterocycles. The number of nitriles is 1. The molecule has 47 heavy (non-hydrogen) atoms. The van der Waals surface area contributed by atoms with Crippen LogP contribution in [0.25, 0.3) is 31.9 Å². The first-order valence-electron chi connectivity index (χ1n) is 14.8. The van der Waals surface area contributed by atoms with Gasteiger partial charge in [-0.05, 0) is 77.9 Å². The summed E-state index contributed by atoms with van der Waals surface area (Å²) in [7, 11) is 0. The number of thiazole rings is 1. The highest BCUT2D eigenvalue weighted by molar-refractivity contribution is 7.21.